The zero-order valence-electron chi connectivity index (χ0n) is 14.8. The zero-order chi connectivity index (χ0) is 17.2. The van der Waals surface area contributed by atoms with E-state index < -0.39 is 11.0 Å². The maximum atomic E-state index is 12.0. The van der Waals surface area contributed by atoms with Crippen LogP contribution in [-0.2, 0) is 15.6 Å². The van der Waals surface area contributed by atoms with Gasteiger partial charge >= 0.3 is 0 Å². The van der Waals surface area contributed by atoms with Crippen LogP contribution in [0.25, 0.3) is 0 Å². The molecule has 2 heterocycles. The molecule has 5 atom stereocenters. The Bertz CT molecular complexity index is 850. The van der Waals surface area contributed by atoms with Gasteiger partial charge < -0.3 is 19.3 Å². The number of hydrogen-bond donors (Lipinski definition) is 1. The summed E-state index contributed by atoms with van der Waals surface area (Å²) in [5, 5.41) is 12.0. The number of likely N-dealkylation sites (N-methyl/N-ethyl adjacent to an activating group) is 1. The molecule has 1 aromatic rings. The van der Waals surface area contributed by atoms with Crippen LogP contribution >= 0.6 is 0 Å². The summed E-state index contributed by atoms with van der Waals surface area (Å²) in [6.07, 6.45) is 3.36. The highest BCUT2D eigenvalue weighted by molar-refractivity contribution is 5.71. The summed E-state index contributed by atoms with van der Waals surface area (Å²) < 4.78 is 18.0. The summed E-state index contributed by atoms with van der Waals surface area (Å²) in [6, 6.07) is 4.38. The third-order valence-corrected chi connectivity index (χ3v) is 7.51. The molecule has 1 N–H and O–H groups in total. The van der Waals surface area contributed by atoms with Crippen LogP contribution in [0.3, 0.4) is 0 Å². The van der Waals surface area contributed by atoms with Crippen LogP contribution < -0.4 is 9.47 Å². The van der Waals surface area contributed by atoms with Gasteiger partial charge in [-0.2, -0.15) is 0 Å². The molecular formula is C20H23NO4. The molecule has 5 unspecified atom stereocenters. The number of likely N-dealkylation sites (tertiary alicyclic amines) is 1. The van der Waals surface area contributed by atoms with E-state index in [-0.39, 0.29) is 17.6 Å². The third kappa shape index (κ3) is 1.18. The fraction of sp³-hybridized carbons (Fsp3) is 0.600. The van der Waals surface area contributed by atoms with Gasteiger partial charge in [0.15, 0.2) is 17.6 Å². The van der Waals surface area contributed by atoms with Crippen LogP contribution in [0.15, 0.2) is 24.0 Å². The van der Waals surface area contributed by atoms with Crippen molar-refractivity contribution in [2.75, 3.05) is 27.3 Å². The number of methoxy groups -OCH3 is 1. The van der Waals surface area contributed by atoms with Crippen molar-refractivity contribution in [2.45, 2.75) is 48.3 Å². The van der Waals surface area contributed by atoms with E-state index in [1.54, 1.807) is 7.11 Å². The smallest absolute Gasteiger partial charge is 0.168 e. The van der Waals surface area contributed by atoms with Gasteiger partial charge in [-0.15, -0.1) is 0 Å². The van der Waals surface area contributed by atoms with Crippen molar-refractivity contribution in [1.82, 2.24) is 4.90 Å². The van der Waals surface area contributed by atoms with Gasteiger partial charge in [0.05, 0.1) is 30.8 Å². The SMILES string of the molecule is CCOC1=CCC2(O)C3N(C)CC34CC23c2c4ccc(OC)c2OC13. The molecule has 0 radical (unpaired) electrons. The highest BCUT2D eigenvalue weighted by Crippen LogP contribution is 2.77. The predicted octanol–water partition coefficient (Wildman–Crippen LogP) is 1.72. The molecular weight excluding hydrogens is 318 g/mol. The molecule has 5 heteroatoms. The predicted molar refractivity (Wildman–Crippen MR) is 91.1 cm³/mol. The molecule has 5 aliphatic rings. The number of ether oxygens (including phenoxy) is 3. The summed E-state index contributed by atoms with van der Waals surface area (Å²) in [5.41, 5.74) is 1.36. The number of rotatable bonds is 3. The van der Waals surface area contributed by atoms with Crippen molar-refractivity contribution in [3.63, 3.8) is 0 Å². The second-order valence-corrected chi connectivity index (χ2v) is 8.31. The molecule has 1 aromatic carbocycles. The van der Waals surface area contributed by atoms with Gasteiger partial charge in [0, 0.05) is 23.9 Å². The minimum atomic E-state index is -0.810. The van der Waals surface area contributed by atoms with Gasteiger partial charge in [-0.05, 0) is 38.1 Å². The Morgan fingerprint density at radius 3 is 2.96 bits per heavy atom. The first-order chi connectivity index (χ1) is 12.0. The lowest BCUT2D eigenvalue weighted by Gasteiger charge is -2.60. The summed E-state index contributed by atoms with van der Waals surface area (Å²) in [7, 11) is 3.81. The molecule has 5 nitrogen and oxygen atoms in total. The van der Waals surface area contributed by atoms with Gasteiger partial charge in [-0.25, -0.2) is 0 Å². The molecule has 2 aliphatic heterocycles. The summed E-state index contributed by atoms with van der Waals surface area (Å²) in [5.74, 6) is 2.45. The summed E-state index contributed by atoms with van der Waals surface area (Å²) in [4.78, 5) is 2.32. The molecule has 2 fully saturated rings. The van der Waals surface area contributed by atoms with Crippen molar-refractivity contribution in [3.8, 4) is 11.5 Å². The maximum absolute atomic E-state index is 12.0. The van der Waals surface area contributed by atoms with E-state index in [9.17, 15) is 5.11 Å². The Kier molecular flexibility index (Phi) is 2.31. The molecule has 132 valence electrons. The first-order valence-corrected chi connectivity index (χ1v) is 9.17. The Labute approximate surface area is 147 Å². The lowest BCUT2D eigenvalue weighted by molar-refractivity contribution is -0.137. The number of hydrogen-bond acceptors (Lipinski definition) is 5. The molecule has 1 saturated carbocycles. The number of fused-ring (bicyclic) bond motifs is 1. The van der Waals surface area contributed by atoms with Crippen LogP contribution in [0.5, 0.6) is 11.5 Å². The second kappa shape index (κ2) is 3.99. The van der Waals surface area contributed by atoms with E-state index in [0.29, 0.717) is 13.0 Å². The van der Waals surface area contributed by atoms with Crippen LogP contribution in [-0.4, -0.2) is 55.1 Å². The van der Waals surface area contributed by atoms with Crippen molar-refractivity contribution < 1.29 is 19.3 Å². The van der Waals surface area contributed by atoms with E-state index in [0.717, 1.165) is 30.2 Å². The highest BCUT2D eigenvalue weighted by atomic mass is 16.6. The molecule has 3 aliphatic carbocycles. The normalized spacial score (nSPS) is 44.6. The highest BCUT2D eigenvalue weighted by Gasteiger charge is 2.85. The minimum absolute atomic E-state index is 0.0391. The van der Waals surface area contributed by atoms with Gasteiger partial charge in [0.25, 0.3) is 0 Å². The Hall–Kier alpha value is -1.72. The van der Waals surface area contributed by atoms with Crippen LogP contribution in [0, 0.1) is 0 Å². The van der Waals surface area contributed by atoms with E-state index in [1.165, 1.54) is 11.1 Å². The van der Waals surface area contributed by atoms with Gasteiger partial charge in [0.2, 0.25) is 0 Å². The van der Waals surface area contributed by atoms with Crippen molar-refractivity contribution in [1.29, 1.82) is 0 Å². The van der Waals surface area contributed by atoms with Gasteiger partial charge in [0.1, 0.15) is 5.76 Å². The Balaban J connectivity index is 1.68. The zero-order valence-corrected chi connectivity index (χ0v) is 14.8. The van der Waals surface area contributed by atoms with E-state index in [2.05, 4.69) is 24.1 Å². The molecule has 0 amide bonds. The Morgan fingerprint density at radius 2 is 2.24 bits per heavy atom. The summed E-state index contributed by atoms with van der Waals surface area (Å²) in [6.45, 7) is 3.60. The van der Waals surface area contributed by atoms with Crippen molar-refractivity contribution in [3.05, 3.63) is 35.1 Å². The lowest BCUT2D eigenvalue weighted by Crippen LogP contribution is -2.74. The lowest BCUT2D eigenvalue weighted by atomic mass is 9.56. The molecule has 2 bridgehead atoms. The van der Waals surface area contributed by atoms with E-state index in [4.69, 9.17) is 14.2 Å². The minimum Gasteiger partial charge on any atom is -0.495 e. The van der Waals surface area contributed by atoms with Crippen molar-refractivity contribution >= 4 is 0 Å². The van der Waals surface area contributed by atoms with Crippen LogP contribution in [0.1, 0.15) is 30.9 Å². The average molecular weight is 341 g/mol. The first-order valence-electron chi connectivity index (χ1n) is 9.17. The molecule has 0 aromatic heterocycles. The maximum Gasteiger partial charge on any atom is 0.168 e. The van der Waals surface area contributed by atoms with Gasteiger partial charge in [-0.3, -0.25) is 4.90 Å². The van der Waals surface area contributed by atoms with Crippen LogP contribution in [0.2, 0.25) is 0 Å². The number of aliphatic hydroxyl groups is 1. The van der Waals surface area contributed by atoms with E-state index in [1.807, 2.05) is 13.0 Å². The third-order valence-electron chi connectivity index (χ3n) is 7.51. The molecule has 6 rings (SSSR count). The first kappa shape index (κ1) is 14.4. The molecule has 1 saturated heterocycles. The second-order valence-electron chi connectivity index (χ2n) is 8.31. The summed E-state index contributed by atoms with van der Waals surface area (Å²) >= 11 is 0. The largest absolute Gasteiger partial charge is 0.495 e. The molecule has 25 heavy (non-hydrogen) atoms. The number of nitrogens with zero attached hydrogens (tertiary/aromatic N) is 1. The standard InChI is InChI=1S/C20H23NO4/c1-4-24-13-7-8-20(22)17-18(10-21(17)2)9-19(20)14-11(18)5-6-12(23-3)15(14)25-16(13)19/h5-7,16-17,22H,4,8-10H2,1-3H3. The molecule has 2 spiro atoms. The monoisotopic (exact) mass is 341 g/mol. The fourth-order valence-electron chi connectivity index (χ4n) is 7.06. The average Bonchev–Trinajstić information content (AvgIpc) is 3.14. The topological polar surface area (TPSA) is 51.2 Å². The fourth-order valence-corrected chi connectivity index (χ4v) is 7.06. The van der Waals surface area contributed by atoms with E-state index >= 15 is 0 Å². The quantitative estimate of drug-likeness (QED) is 0.907. The van der Waals surface area contributed by atoms with Crippen LogP contribution in [0.4, 0.5) is 0 Å². The number of benzene rings is 1. The van der Waals surface area contributed by atoms with Gasteiger partial charge in [-0.1, -0.05) is 6.07 Å². The Morgan fingerprint density at radius 1 is 1.40 bits per heavy atom. The van der Waals surface area contributed by atoms with Crippen molar-refractivity contribution in [2.24, 2.45) is 0 Å².